The Balaban J connectivity index is 2.11. The van der Waals surface area contributed by atoms with Crippen molar-refractivity contribution in [3.05, 3.63) is 29.6 Å². The molecule has 1 heterocycles. The molecule has 0 spiro atoms. The van der Waals surface area contributed by atoms with Gasteiger partial charge in [0.15, 0.2) is 0 Å². The van der Waals surface area contributed by atoms with Crippen molar-refractivity contribution in [2.75, 3.05) is 13.2 Å². The minimum absolute atomic E-state index is 0.0539. The summed E-state index contributed by atoms with van der Waals surface area (Å²) in [6.07, 6.45) is 1.53. The summed E-state index contributed by atoms with van der Waals surface area (Å²) in [5.74, 6) is -1.70. The molecule has 1 atom stereocenters. The summed E-state index contributed by atoms with van der Waals surface area (Å²) in [7, 11) is 1.01. The van der Waals surface area contributed by atoms with Crippen LogP contribution in [0.1, 0.15) is 23.2 Å². The first-order valence-corrected chi connectivity index (χ1v) is 8.21. The molecule has 2 rings (SSSR count). The lowest BCUT2D eigenvalue weighted by Gasteiger charge is -2.10. The van der Waals surface area contributed by atoms with Crippen LogP contribution < -0.4 is 0 Å². The first-order chi connectivity index (χ1) is 9.36. The molecule has 5 nitrogen and oxygen atoms in total. The van der Waals surface area contributed by atoms with Crippen LogP contribution in [-0.4, -0.2) is 33.7 Å². The molecular weight excluding hydrogens is 311 g/mol. The average molecular weight is 323 g/mol. The normalized spacial score (nSPS) is 19.0. The van der Waals surface area contributed by atoms with Crippen molar-refractivity contribution in [3.8, 4) is 0 Å². The maximum absolute atomic E-state index is 13.3. The van der Waals surface area contributed by atoms with E-state index >= 15 is 0 Å². The lowest BCUT2D eigenvalue weighted by atomic mass is 10.2. The van der Waals surface area contributed by atoms with Crippen LogP contribution >= 0.6 is 10.7 Å². The summed E-state index contributed by atoms with van der Waals surface area (Å²) in [5, 5.41) is 0. The Morgan fingerprint density at radius 3 is 2.80 bits per heavy atom. The second kappa shape index (κ2) is 6.07. The van der Waals surface area contributed by atoms with Gasteiger partial charge in [0.25, 0.3) is 9.05 Å². The number of ether oxygens (including phenoxy) is 2. The monoisotopic (exact) mass is 322 g/mol. The predicted molar refractivity (Wildman–Crippen MR) is 68.7 cm³/mol. The van der Waals surface area contributed by atoms with E-state index in [1.54, 1.807) is 0 Å². The zero-order chi connectivity index (χ0) is 14.8. The van der Waals surface area contributed by atoms with E-state index in [4.69, 9.17) is 20.2 Å². The number of carbonyl (C=O) groups is 1. The Morgan fingerprint density at radius 2 is 2.20 bits per heavy atom. The molecule has 1 fully saturated rings. The molecule has 20 heavy (non-hydrogen) atoms. The fraction of sp³-hybridized carbons (Fsp3) is 0.417. The minimum Gasteiger partial charge on any atom is -0.459 e. The van der Waals surface area contributed by atoms with E-state index < -0.39 is 25.7 Å². The van der Waals surface area contributed by atoms with Gasteiger partial charge in [-0.25, -0.2) is 17.6 Å². The summed E-state index contributed by atoms with van der Waals surface area (Å²) < 4.78 is 45.8. The van der Waals surface area contributed by atoms with Gasteiger partial charge in [0.2, 0.25) is 0 Å². The summed E-state index contributed by atoms with van der Waals surface area (Å²) in [5.41, 5.74) is -0.206. The second-order valence-corrected chi connectivity index (χ2v) is 6.91. The van der Waals surface area contributed by atoms with Gasteiger partial charge in [0.05, 0.1) is 16.6 Å². The molecule has 110 valence electrons. The van der Waals surface area contributed by atoms with E-state index in [1.807, 2.05) is 0 Å². The lowest BCUT2D eigenvalue weighted by molar-refractivity contribution is 0.0161. The van der Waals surface area contributed by atoms with Crippen LogP contribution in [0, 0.1) is 5.82 Å². The number of carbonyl (C=O) groups excluding carboxylic acids is 1. The van der Waals surface area contributed by atoms with E-state index in [-0.39, 0.29) is 18.3 Å². The van der Waals surface area contributed by atoms with E-state index in [1.165, 1.54) is 0 Å². The van der Waals surface area contributed by atoms with Gasteiger partial charge in [-0.1, -0.05) is 0 Å². The van der Waals surface area contributed by atoms with Gasteiger partial charge in [-0.2, -0.15) is 0 Å². The second-order valence-electron chi connectivity index (χ2n) is 4.35. The van der Waals surface area contributed by atoms with Crippen molar-refractivity contribution >= 4 is 25.7 Å². The van der Waals surface area contributed by atoms with Crippen molar-refractivity contribution in [3.63, 3.8) is 0 Å². The maximum Gasteiger partial charge on any atom is 0.338 e. The van der Waals surface area contributed by atoms with E-state index in [0.29, 0.717) is 6.61 Å². The number of hydrogen-bond acceptors (Lipinski definition) is 5. The molecule has 1 aromatic rings. The molecule has 1 aromatic carbocycles. The third kappa shape index (κ3) is 3.91. The number of benzene rings is 1. The topological polar surface area (TPSA) is 69.7 Å². The fourth-order valence-corrected chi connectivity index (χ4v) is 2.64. The molecule has 0 amide bonds. The average Bonchev–Trinajstić information content (AvgIpc) is 2.87. The smallest absolute Gasteiger partial charge is 0.338 e. The number of rotatable bonds is 4. The van der Waals surface area contributed by atoms with Crippen molar-refractivity contribution in [2.24, 2.45) is 0 Å². The summed E-state index contributed by atoms with van der Waals surface area (Å²) in [4.78, 5) is 11.3. The Hall–Kier alpha value is -1.18. The van der Waals surface area contributed by atoms with E-state index in [9.17, 15) is 17.6 Å². The van der Waals surface area contributed by atoms with Crippen molar-refractivity contribution in [1.82, 2.24) is 0 Å². The van der Waals surface area contributed by atoms with Gasteiger partial charge < -0.3 is 9.47 Å². The predicted octanol–water partition coefficient (Wildman–Crippen LogP) is 2.09. The highest BCUT2D eigenvalue weighted by molar-refractivity contribution is 8.13. The lowest BCUT2D eigenvalue weighted by Crippen LogP contribution is -2.18. The maximum atomic E-state index is 13.3. The van der Waals surface area contributed by atoms with Gasteiger partial charge in [-0.3, -0.25) is 0 Å². The van der Waals surface area contributed by atoms with Crippen molar-refractivity contribution < 1.29 is 27.1 Å². The van der Waals surface area contributed by atoms with Crippen LogP contribution in [-0.2, 0) is 18.5 Å². The fourth-order valence-electron chi connectivity index (χ4n) is 1.85. The largest absolute Gasteiger partial charge is 0.459 e. The highest BCUT2D eigenvalue weighted by Gasteiger charge is 2.20. The Morgan fingerprint density at radius 1 is 1.45 bits per heavy atom. The Labute approximate surface area is 120 Å². The van der Waals surface area contributed by atoms with Crippen LogP contribution in [0.2, 0.25) is 0 Å². The van der Waals surface area contributed by atoms with Crippen molar-refractivity contribution in [1.29, 1.82) is 0 Å². The minimum atomic E-state index is -4.11. The van der Waals surface area contributed by atoms with Gasteiger partial charge in [0, 0.05) is 17.3 Å². The highest BCUT2D eigenvalue weighted by atomic mass is 35.7. The molecule has 1 unspecified atom stereocenters. The first-order valence-electron chi connectivity index (χ1n) is 5.90. The number of hydrogen-bond donors (Lipinski definition) is 0. The summed E-state index contributed by atoms with van der Waals surface area (Å²) in [6.45, 7) is 0.676. The number of halogens is 2. The van der Waals surface area contributed by atoms with Gasteiger partial charge in [-0.15, -0.1) is 0 Å². The Bertz CT molecular complexity index is 610. The first kappa shape index (κ1) is 15.2. The van der Waals surface area contributed by atoms with Crippen LogP contribution in [0.15, 0.2) is 23.1 Å². The summed E-state index contributed by atoms with van der Waals surface area (Å²) in [6, 6.07) is 2.60. The van der Waals surface area contributed by atoms with Gasteiger partial charge in [-0.05, 0) is 31.0 Å². The summed E-state index contributed by atoms with van der Waals surface area (Å²) >= 11 is 0. The molecular formula is C12H12ClFO5S. The van der Waals surface area contributed by atoms with E-state index in [0.717, 1.165) is 31.0 Å². The Kier molecular flexibility index (Phi) is 4.62. The third-order valence-corrected chi connectivity index (χ3v) is 4.15. The highest BCUT2D eigenvalue weighted by Crippen LogP contribution is 2.19. The van der Waals surface area contributed by atoms with Gasteiger partial charge in [0.1, 0.15) is 12.4 Å². The molecule has 0 N–H and O–H groups in total. The molecule has 0 radical (unpaired) electrons. The molecule has 1 saturated heterocycles. The van der Waals surface area contributed by atoms with Crippen LogP contribution in [0.3, 0.4) is 0 Å². The molecule has 1 aliphatic heterocycles. The molecule has 8 heteroatoms. The molecule has 0 aliphatic carbocycles. The number of esters is 1. The molecule has 0 saturated carbocycles. The van der Waals surface area contributed by atoms with Crippen LogP contribution in [0.25, 0.3) is 0 Å². The zero-order valence-corrected chi connectivity index (χ0v) is 11.9. The molecule has 0 aromatic heterocycles. The zero-order valence-electron chi connectivity index (χ0n) is 10.3. The molecule has 0 bridgehead atoms. The van der Waals surface area contributed by atoms with Crippen LogP contribution in [0.5, 0.6) is 0 Å². The molecule has 1 aliphatic rings. The third-order valence-electron chi connectivity index (χ3n) is 2.81. The van der Waals surface area contributed by atoms with Crippen LogP contribution in [0.4, 0.5) is 4.39 Å². The SMILES string of the molecule is O=C(OCC1CCCO1)c1cc(F)cc(S(=O)(=O)Cl)c1. The van der Waals surface area contributed by atoms with Gasteiger partial charge >= 0.3 is 5.97 Å². The quantitative estimate of drug-likeness (QED) is 0.627. The van der Waals surface area contributed by atoms with E-state index in [2.05, 4.69) is 0 Å². The van der Waals surface area contributed by atoms with Crippen molar-refractivity contribution in [2.45, 2.75) is 23.8 Å². The standard InChI is InChI=1S/C12H12ClFO5S/c13-20(16,17)11-5-8(4-9(14)6-11)12(15)19-7-10-2-1-3-18-10/h4-6,10H,1-3,7H2.